The lowest BCUT2D eigenvalue weighted by atomic mass is 9.78. The lowest BCUT2D eigenvalue weighted by molar-refractivity contribution is 0.216. The second kappa shape index (κ2) is 6.61. The van der Waals surface area contributed by atoms with E-state index < -0.39 is 0 Å². The van der Waals surface area contributed by atoms with Crippen LogP contribution < -0.4 is 10.6 Å². The highest BCUT2D eigenvalue weighted by Crippen LogP contribution is 2.42. The Labute approximate surface area is 102 Å². The first-order valence-electron chi connectivity index (χ1n) is 6.96. The van der Waals surface area contributed by atoms with Crippen LogP contribution in [-0.4, -0.2) is 26.2 Å². The lowest BCUT2D eigenvalue weighted by Crippen LogP contribution is -2.41. The SMILES string of the molecule is CNCC(C)NCC1(CC(C)C)CCCC1. The molecule has 0 aromatic heterocycles. The van der Waals surface area contributed by atoms with E-state index in [2.05, 4.69) is 31.4 Å². The predicted octanol–water partition coefficient (Wildman–Crippen LogP) is 2.79. The molecule has 0 bridgehead atoms. The van der Waals surface area contributed by atoms with Gasteiger partial charge in [0.15, 0.2) is 0 Å². The van der Waals surface area contributed by atoms with Gasteiger partial charge in [-0.1, -0.05) is 26.7 Å². The molecular weight excluding hydrogens is 196 g/mol. The second-order valence-corrected chi connectivity index (χ2v) is 6.14. The maximum Gasteiger partial charge on any atom is 0.0164 e. The van der Waals surface area contributed by atoms with E-state index in [1.54, 1.807) is 0 Å². The van der Waals surface area contributed by atoms with Crippen molar-refractivity contribution in [3.8, 4) is 0 Å². The van der Waals surface area contributed by atoms with Gasteiger partial charge in [-0.25, -0.2) is 0 Å². The fourth-order valence-corrected chi connectivity index (χ4v) is 3.21. The van der Waals surface area contributed by atoms with Crippen LogP contribution in [0, 0.1) is 11.3 Å². The third-order valence-corrected chi connectivity index (χ3v) is 3.84. The van der Waals surface area contributed by atoms with Crippen LogP contribution in [0.2, 0.25) is 0 Å². The van der Waals surface area contributed by atoms with Gasteiger partial charge in [-0.05, 0) is 44.6 Å². The maximum absolute atomic E-state index is 3.71. The molecule has 1 unspecified atom stereocenters. The Bertz CT molecular complexity index is 183. The minimum Gasteiger partial charge on any atom is -0.318 e. The summed E-state index contributed by atoms with van der Waals surface area (Å²) in [5.74, 6) is 0.833. The molecule has 1 aliphatic rings. The monoisotopic (exact) mass is 226 g/mol. The van der Waals surface area contributed by atoms with Crippen LogP contribution in [0.5, 0.6) is 0 Å². The van der Waals surface area contributed by atoms with Gasteiger partial charge in [0.25, 0.3) is 0 Å². The second-order valence-electron chi connectivity index (χ2n) is 6.14. The highest BCUT2D eigenvalue weighted by Gasteiger charge is 2.34. The third kappa shape index (κ3) is 4.42. The minimum atomic E-state index is 0.592. The summed E-state index contributed by atoms with van der Waals surface area (Å²) in [5.41, 5.74) is 0.607. The van der Waals surface area contributed by atoms with Gasteiger partial charge < -0.3 is 10.6 Å². The Balaban J connectivity index is 2.39. The van der Waals surface area contributed by atoms with Crippen molar-refractivity contribution >= 4 is 0 Å². The van der Waals surface area contributed by atoms with Gasteiger partial charge in [-0.3, -0.25) is 0 Å². The number of likely N-dealkylation sites (N-methyl/N-ethyl adjacent to an activating group) is 1. The van der Waals surface area contributed by atoms with Crippen LogP contribution in [0.4, 0.5) is 0 Å². The minimum absolute atomic E-state index is 0.592. The van der Waals surface area contributed by atoms with Gasteiger partial charge in [0, 0.05) is 19.1 Å². The van der Waals surface area contributed by atoms with E-state index in [4.69, 9.17) is 0 Å². The van der Waals surface area contributed by atoms with Crippen LogP contribution in [0.25, 0.3) is 0 Å². The normalized spacial score (nSPS) is 21.6. The van der Waals surface area contributed by atoms with Crippen molar-refractivity contribution in [3.63, 3.8) is 0 Å². The molecule has 16 heavy (non-hydrogen) atoms. The summed E-state index contributed by atoms with van der Waals surface area (Å²) < 4.78 is 0. The Morgan fingerprint density at radius 2 is 1.75 bits per heavy atom. The molecule has 2 N–H and O–H groups in total. The summed E-state index contributed by atoms with van der Waals surface area (Å²) in [6, 6.07) is 0.592. The van der Waals surface area contributed by atoms with E-state index in [1.165, 1.54) is 38.6 Å². The van der Waals surface area contributed by atoms with Crippen molar-refractivity contribution in [2.75, 3.05) is 20.1 Å². The van der Waals surface area contributed by atoms with Crippen LogP contribution >= 0.6 is 0 Å². The molecule has 96 valence electrons. The average molecular weight is 226 g/mol. The topological polar surface area (TPSA) is 24.1 Å². The van der Waals surface area contributed by atoms with Gasteiger partial charge in [0.2, 0.25) is 0 Å². The quantitative estimate of drug-likeness (QED) is 0.697. The summed E-state index contributed by atoms with van der Waals surface area (Å²) in [5, 5.41) is 6.94. The molecule has 0 aliphatic heterocycles. The van der Waals surface area contributed by atoms with E-state index in [0.717, 1.165) is 12.5 Å². The first-order valence-corrected chi connectivity index (χ1v) is 6.96. The van der Waals surface area contributed by atoms with Gasteiger partial charge in [-0.2, -0.15) is 0 Å². The van der Waals surface area contributed by atoms with Crippen molar-refractivity contribution in [1.29, 1.82) is 0 Å². The first-order chi connectivity index (χ1) is 7.58. The van der Waals surface area contributed by atoms with E-state index in [0.29, 0.717) is 11.5 Å². The number of rotatable bonds is 7. The molecule has 1 saturated carbocycles. The van der Waals surface area contributed by atoms with E-state index in [9.17, 15) is 0 Å². The highest BCUT2D eigenvalue weighted by atomic mass is 15.0. The highest BCUT2D eigenvalue weighted by molar-refractivity contribution is 4.88. The van der Waals surface area contributed by atoms with Crippen molar-refractivity contribution < 1.29 is 0 Å². The Hall–Kier alpha value is -0.0800. The molecule has 0 aromatic carbocycles. The molecule has 2 nitrogen and oxygen atoms in total. The van der Waals surface area contributed by atoms with Crippen molar-refractivity contribution in [2.24, 2.45) is 11.3 Å². The predicted molar refractivity (Wildman–Crippen MR) is 71.7 cm³/mol. The molecule has 0 heterocycles. The third-order valence-electron chi connectivity index (χ3n) is 3.84. The molecule has 0 aromatic rings. The summed E-state index contributed by atoms with van der Waals surface area (Å²) >= 11 is 0. The van der Waals surface area contributed by atoms with Crippen molar-refractivity contribution in [2.45, 2.75) is 58.9 Å². The molecule has 1 fully saturated rings. The fourth-order valence-electron chi connectivity index (χ4n) is 3.21. The average Bonchev–Trinajstić information content (AvgIpc) is 2.64. The van der Waals surface area contributed by atoms with Crippen LogP contribution in [0.3, 0.4) is 0 Å². The van der Waals surface area contributed by atoms with Crippen molar-refractivity contribution in [3.05, 3.63) is 0 Å². The zero-order valence-corrected chi connectivity index (χ0v) is 11.6. The van der Waals surface area contributed by atoms with E-state index in [1.807, 2.05) is 7.05 Å². The van der Waals surface area contributed by atoms with Gasteiger partial charge in [-0.15, -0.1) is 0 Å². The van der Waals surface area contributed by atoms with Crippen molar-refractivity contribution in [1.82, 2.24) is 10.6 Å². The number of hydrogen-bond donors (Lipinski definition) is 2. The molecule has 0 spiro atoms. The Kier molecular flexibility index (Phi) is 5.77. The zero-order chi connectivity index (χ0) is 12.0. The molecule has 1 aliphatic carbocycles. The van der Waals surface area contributed by atoms with Crippen LogP contribution in [0.15, 0.2) is 0 Å². The summed E-state index contributed by atoms with van der Waals surface area (Å²) in [4.78, 5) is 0. The Morgan fingerprint density at radius 3 is 2.25 bits per heavy atom. The first kappa shape index (κ1) is 14.0. The molecule has 1 atom stereocenters. The smallest absolute Gasteiger partial charge is 0.0164 e. The standard InChI is InChI=1S/C14H30N2/c1-12(2)9-14(7-5-6-8-14)11-16-13(3)10-15-4/h12-13,15-16H,5-11H2,1-4H3. The lowest BCUT2D eigenvalue weighted by Gasteiger charge is -2.32. The van der Waals surface area contributed by atoms with Gasteiger partial charge in [0.1, 0.15) is 0 Å². The fraction of sp³-hybridized carbons (Fsp3) is 1.00. The number of nitrogens with one attached hydrogen (secondary N) is 2. The van der Waals surface area contributed by atoms with Gasteiger partial charge >= 0.3 is 0 Å². The molecule has 0 saturated heterocycles. The largest absolute Gasteiger partial charge is 0.318 e. The summed E-state index contributed by atoms with van der Waals surface area (Å²) in [7, 11) is 2.03. The zero-order valence-electron chi connectivity index (χ0n) is 11.6. The van der Waals surface area contributed by atoms with Gasteiger partial charge in [0.05, 0.1) is 0 Å². The molecular formula is C14H30N2. The van der Waals surface area contributed by atoms with E-state index >= 15 is 0 Å². The number of hydrogen-bond acceptors (Lipinski definition) is 2. The molecule has 2 heteroatoms. The summed E-state index contributed by atoms with van der Waals surface area (Å²) in [6.45, 7) is 9.27. The molecule has 0 amide bonds. The maximum atomic E-state index is 3.71. The Morgan fingerprint density at radius 1 is 1.12 bits per heavy atom. The molecule has 1 rings (SSSR count). The molecule has 0 radical (unpaired) electrons. The van der Waals surface area contributed by atoms with Crippen LogP contribution in [-0.2, 0) is 0 Å². The van der Waals surface area contributed by atoms with Crippen LogP contribution in [0.1, 0.15) is 52.9 Å². The van der Waals surface area contributed by atoms with E-state index in [-0.39, 0.29) is 0 Å². The summed E-state index contributed by atoms with van der Waals surface area (Å²) in [6.07, 6.45) is 7.14.